The number of hydrogen-bond donors (Lipinski definition) is 1. The van der Waals surface area contributed by atoms with Crippen molar-refractivity contribution < 1.29 is 17.9 Å². The van der Waals surface area contributed by atoms with Crippen LogP contribution in [0.15, 0.2) is 102 Å². The number of nitrogens with one attached hydrogen (secondary N) is 1. The lowest BCUT2D eigenvalue weighted by molar-refractivity contribution is -0.275. The maximum Gasteiger partial charge on any atom is 0.573 e. The first kappa shape index (κ1) is 26.6. The molecule has 0 amide bonds. The summed E-state index contributed by atoms with van der Waals surface area (Å²) in [6, 6.07) is 27.6. The molecular weight excluding hydrogens is 521 g/mol. The molecule has 0 saturated carbocycles. The van der Waals surface area contributed by atoms with E-state index in [9.17, 15) is 13.2 Å². The van der Waals surface area contributed by atoms with E-state index in [1.54, 1.807) is 12.3 Å². The largest absolute Gasteiger partial charge is 0.573 e. The molecule has 206 valence electrons. The maximum atomic E-state index is 12.9. The number of aliphatic imine (C=N–C) groups is 1. The zero-order valence-electron chi connectivity index (χ0n) is 22.4. The highest BCUT2D eigenvalue weighted by atomic mass is 19.4. The van der Waals surface area contributed by atoms with Crippen molar-refractivity contribution in [3.63, 3.8) is 0 Å². The lowest BCUT2D eigenvalue weighted by Gasteiger charge is -2.25. The number of fused-ring (bicyclic) bond motifs is 5. The van der Waals surface area contributed by atoms with Gasteiger partial charge in [0.1, 0.15) is 5.75 Å². The molecule has 1 N–H and O–H groups in total. The van der Waals surface area contributed by atoms with Gasteiger partial charge in [-0.1, -0.05) is 84.9 Å². The Morgan fingerprint density at radius 1 is 0.854 bits per heavy atom. The first-order valence-corrected chi connectivity index (χ1v) is 13.8. The van der Waals surface area contributed by atoms with E-state index in [-0.39, 0.29) is 5.75 Å². The first-order valence-electron chi connectivity index (χ1n) is 13.8. The van der Waals surface area contributed by atoms with Crippen molar-refractivity contribution in [2.24, 2.45) is 4.99 Å². The standard InChI is InChI=1S/C26H21F3O.C9H8N2/c27-26(28,29)30-24-11-5-10-20-21-13-12-18-8-4-9-19(16-17-6-2-1-3-7-17)25(18)23(21)15-14-22(20)24;1-2-4-9-8(3-1)7-10-5-6-11-9/h1-3,5-8,10-14,19H,4,9,15-16H2;1-7,11H. The van der Waals surface area contributed by atoms with E-state index in [1.165, 1.54) is 28.0 Å². The van der Waals surface area contributed by atoms with Crippen LogP contribution in [0.25, 0.3) is 12.2 Å². The van der Waals surface area contributed by atoms with Gasteiger partial charge in [0.05, 0.1) is 0 Å². The minimum Gasteiger partial charge on any atom is -0.405 e. The van der Waals surface area contributed by atoms with Crippen LogP contribution in [0.5, 0.6) is 5.75 Å². The second kappa shape index (κ2) is 11.5. The number of nitrogens with zero attached hydrogens (tertiary/aromatic N) is 1. The number of hydrogen-bond acceptors (Lipinski definition) is 3. The van der Waals surface area contributed by atoms with Gasteiger partial charge in [-0.15, -0.1) is 13.2 Å². The summed E-state index contributed by atoms with van der Waals surface area (Å²) in [5.41, 5.74) is 6.13. The number of anilines is 1. The highest BCUT2D eigenvalue weighted by Gasteiger charge is 2.32. The smallest absolute Gasteiger partial charge is 0.405 e. The number of para-hydroxylation sites is 1. The molecule has 0 radical (unpaired) electrons. The van der Waals surface area contributed by atoms with Crippen molar-refractivity contribution in [2.45, 2.75) is 38.0 Å². The number of rotatable bonds is 3. The van der Waals surface area contributed by atoms with Crippen molar-refractivity contribution in [1.82, 2.24) is 0 Å². The number of benzene rings is 4. The number of alkyl halides is 3. The molecule has 7 rings (SSSR count). The summed E-state index contributed by atoms with van der Waals surface area (Å²) in [5, 5.41) is 6.74. The van der Waals surface area contributed by atoms with Crippen LogP contribution in [0.4, 0.5) is 18.9 Å². The fraction of sp³-hybridized carbons (Fsp3) is 0.171. The lowest BCUT2D eigenvalue weighted by Crippen LogP contribution is -2.26. The van der Waals surface area contributed by atoms with Crippen molar-refractivity contribution in [3.8, 4) is 5.75 Å². The Morgan fingerprint density at radius 2 is 1.68 bits per heavy atom. The number of halogens is 3. The zero-order chi connectivity index (χ0) is 28.2. The summed E-state index contributed by atoms with van der Waals surface area (Å²) in [4.78, 5) is 4.04. The van der Waals surface area contributed by atoms with Gasteiger partial charge < -0.3 is 10.1 Å². The van der Waals surface area contributed by atoms with Gasteiger partial charge >= 0.3 is 6.36 Å². The molecule has 0 bridgehead atoms. The fourth-order valence-corrected chi connectivity index (χ4v) is 5.94. The monoisotopic (exact) mass is 550 g/mol. The van der Waals surface area contributed by atoms with E-state index < -0.39 is 6.36 Å². The Hall–Kier alpha value is -4.58. The van der Waals surface area contributed by atoms with E-state index in [4.69, 9.17) is 0 Å². The van der Waals surface area contributed by atoms with Crippen LogP contribution in [0.3, 0.4) is 0 Å². The number of ether oxygens (including phenoxy) is 1. The molecule has 1 atom stereocenters. The quantitative estimate of drug-likeness (QED) is 0.295. The fourth-order valence-electron chi connectivity index (χ4n) is 5.94. The van der Waals surface area contributed by atoms with E-state index in [1.807, 2.05) is 54.9 Å². The average molecular weight is 551 g/mol. The van der Waals surface area contributed by atoms with Crippen LogP contribution >= 0.6 is 0 Å². The molecule has 4 aromatic carbocycles. The molecule has 0 aromatic heterocycles. The van der Waals surface area contributed by atoms with E-state index in [2.05, 4.69) is 57.5 Å². The molecule has 2 aliphatic carbocycles. The van der Waals surface area contributed by atoms with Gasteiger partial charge in [0.2, 0.25) is 0 Å². The molecular formula is C35H29F3N2O. The normalized spacial score (nSPS) is 16.1. The Labute approximate surface area is 236 Å². The third-order valence-electron chi connectivity index (χ3n) is 7.67. The highest BCUT2D eigenvalue weighted by molar-refractivity contribution is 5.88. The topological polar surface area (TPSA) is 33.6 Å². The molecule has 0 fully saturated rings. The summed E-state index contributed by atoms with van der Waals surface area (Å²) in [6.45, 7) is 0. The van der Waals surface area contributed by atoms with Gasteiger partial charge in [-0.3, -0.25) is 4.99 Å². The van der Waals surface area contributed by atoms with Crippen LogP contribution in [-0.4, -0.2) is 12.6 Å². The predicted octanol–water partition coefficient (Wildman–Crippen LogP) is 7.11. The highest BCUT2D eigenvalue weighted by Crippen LogP contribution is 2.31. The molecule has 4 aromatic rings. The van der Waals surface area contributed by atoms with Gasteiger partial charge in [0, 0.05) is 35.1 Å². The van der Waals surface area contributed by atoms with Crippen molar-refractivity contribution >= 4 is 24.1 Å². The average Bonchev–Trinajstić information content (AvgIpc) is 3.23. The van der Waals surface area contributed by atoms with E-state index in [0.717, 1.165) is 41.0 Å². The second-order valence-corrected chi connectivity index (χ2v) is 10.3. The van der Waals surface area contributed by atoms with Crippen molar-refractivity contribution in [3.05, 3.63) is 140 Å². The maximum absolute atomic E-state index is 12.9. The summed E-state index contributed by atoms with van der Waals surface area (Å²) >= 11 is 0. The van der Waals surface area contributed by atoms with Crippen LogP contribution in [-0.2, 0) is 12.8 Å². The Balaban J connectivity index is 0.000000229. The minimum absolute atomic E-state index is 0.129. The van der Waals surface area contributed by atoms with Gasteiger partial charge in [-0.25, -0.2) is 0 Å². The van der Waals surface area contributed by atoms with Crippen molar-refractivity contribution in [2.75, 3.05) is 5.32 Å². The van der Waals surface area contributed by atoms with Gasteiger partial charge in [-0.05, 0) is 76.1 Å². The summed E-state index contributed by atoms with van der Waals surface area (Å²) in [6.07, 6.45) is 8.59. The third kappa shape index (κ3) is 5.97. The summed E-state index contributed by atoms with van der Waals surface area (Å²) < 4.78 is 42.8. The minimum atomic E-state index is -4.70. The molecule has 1 aliphatic heterocycles. The Bertz CT molecular complexity index is 1840. The van der Waals surface area contributed by atoms with Gasteiger partial charge in [-0.2, -0.15) is 0 Å². The third-order valence-corrected chi connectivity index (χ3v) is 7.67. The van der Waals surface area contributed by atoms with Crippen LogP contribution in [0.1, 0.15) is 41.0 Å². The van der Waals surface area contributed by atoms with Crippen LogP contribution in [0, 0.1) is 10.4 Å². The molecule has 0 saturated heterocycles. The van der Waals surface area contributed by atoms with E-state index in [0.29, 0.717) is 17.6 Å². The Morgan fingerprint density at radius 3 is 2.54 bits per heavy atom. The van der Waals surface area contributed by atoms with Crippen LogP contribution < -0.4 is 20.5 Å². The second-order valence-electron chi connectivity index (χ2n) is 10.3. The molecule has 3 aliphatic rings. The van der Waals surface area contributed by atoms with E-state index >= 15 is 0 Å². The zero-order valence-corrected chi connectivity index (χ0v) is 22.4. The SMILES string of the molecule is C1=CNc2ccccc2C=N1.FC(F)(F)Oc1cccc2c1=CCc1c3c(ccc1=2)=CCCC3Cc1ccccc1. The summed E-state index contributed by atoms with van der Waals surface area (Å²) in [7, 11) is 0. The van der Waals surface area contributed by atoms with Crippen LogP contribution in [0.2, 0.25) is 0 Å². The molecule has 1 heterocycles. The molecule has 1 unspecified atom stereocenters. The molecule has 3 nitrogen and oxygen atoms in total. The summed E-state index contributed by atoms with van der Waals surface area (Å²) in [5.74, 6) is 0.280. The molecule has 6 heteroatoms. The van der Waals surface area contributed by atoms with Crippen molar-refractivity contribution in [1.29, 1.82) is 0 Å². The van der Waals surface area contributed by atoms with Gasteiger partial charge in [0.15, 0.2) is 0 Å². The molecule has 0 spiro atoms. The first-order chi connectivity index (χ1) is 20.0. The Kier molecular flexibility index (Phi) is 7.47. The predicted molar refractivity (Wildman–Crippen MR) is 158 cm³/mol. The molecule has 41 heavy (non-hydrogen) atoms. The lowest BCUT2D eigenvalue weighted by atomic mass is 9.79. The van der Waals surface area contributed by atoms with Gasteiger partial charge in [0.25, 0.3) is 0 Å².